The van der Waals surface area contributed by atoms with Gasteiger partial charge in [0, 0.05) is 30.9 Å². The normalized spacial score (nSPS) is 11.4. The molecule has 0 aromatic heterocycles. The van der Waals surface area contributed by atoms with Crippen LogP contribution < -0.4 is 9.47 Å². The Hall–Kier alpha value is -3.47. The molecule has 144 valence electrons. The molecular weight excluding hydrogens is 354 g/mol. The monoisotopic (exact) mass is 377 g/mol. The van der Waals surface area contributed by atoms with Gasteiger partial charge in [0.15, 0.2) is 0 Å². The van der Waals surface area contributed by atoms with Crippen molar-refractivity contribution in [1.29, 1.82) is 0 Å². The van der Waals surface area contributed by atoms with Crippen LogP contribution in [-0.2, 0) is 4.79 Å². The molecule has 3 aromatic carbocycles. The van der Waals surface area contributed by atoms with Crippen LogP contribution in [0.25, 0.3) is 16.3 Å². The summed E-state index contributed by atoms with van der Waals surface area (Å²) >= 11 is 0. The number of methoxy groups -OCH3 is 2. The van der Waals surface area contributed by atoms with E-state index in [2.05, 4.69) is 0 Å². The van der Waals surface area contributed by atoms with E-state index in [1.165, 1.54) is 4.90 Å². The molecule has 0 unspecified atom stereocenters. The fourth-order valence-corrected chi connectivity index (χ4v) is 3.10. The Bertz CT molecular complexity index is 1040. The van der Waals surface area contributed by atoms with Gasteiger partial charge in [-0.25, -0.2) is 0 Å². The van der Waals surface area contributed by atoms with Crippen molar-refractivity contribution in [2.75, 3.05) is 28.3 Å². The molecule has 0 bridgehead atoms. The average molecular weight is 377 g/mol. The minimum Gasteiger partial charge on any atom is -0.507 e. The van der Waals surface area contributed by atoms with Gasteiger partial charge in [-0.3, -0.25) is 4.79 Å². The zero-order valence-electron chi connectivity index (χ0n) is 16.4. The second-order valence-electron chi connectivity index (χ2n) is 6.53. The van der Waals surface area contributed by atoms with Crippen LogP contribution in [0.2, 0.25) is 0 Å². The van der Waals surface area contributed by atoms with E-state index < -0.39 is 0 Å². The fraction of sp³-hybridized carbons (Fsp3) is 0.174. The summed E-state index contributed by atoms with van der Waals surface area (Å²) in [5.41, 5.74) is 2.29. The largest absolute Gasteiger partial charge is 0.507 e. The molecule has 0 saturated carbocycles. The van der Waals surface area contributed by atoms with Crippen LogP contribution in [0.5, 0.6) is 17.2 Å². The Kier molecular flexibility index (Phi) is 5.54. The Morgan fingerprint density at radius 3 is 2.29 bits per heavy atom. The second-order valence-corrected chi connectivity index (χ2v) is 6.53. The topological polar surface area (TPSA) is 59.0 Å². The summed E-state index contributed by atoms with van der Waals surface area (Å²) in [6, 6.07) is 16.5. The van der Waals surface area contributed by atoms with Gasteiger partial charge in [0.1, 0.15) is 17.2 Å². The number of likely N-dealkylation sites (N-methyl/N-ethyl adjacent to an activating group) is 1. The van der Waals surface area contributed by atoms with Crippen LogP contribution in [0.4, 0.5) is 0 Å². The maximum absolute atomic E-state index is 12.5. The highest BCUT2D eigenvalue weighted by Gasteiger charge is 2.16. The number of aromatic hydroxyl groups is 1. The highest BCUT2D eigenvalue weighted by Crippen LogP contribution is 2.39. The lowest BCUT2D eigenvalue weighted by atomic mass is 9.91. The summed E-state index contributed by atoms with van der Waals surface area (Å²) in [6.45, 7) is 0. The summed E-state index contributed by atoms with van der Waals surface area (Å²) in [6.07, 6.45) is 1.58. The van der Waals surface area contributed by atoms with Crippen molar-refractivity contribution in [3.63, 3.8) is 0 Å². The number of rotatable bonds is 5. The van der Waals surface area contributed by atoms with E-state index in [4.69, 9.17) is 9.47 Å². The van der Waals surface area contributed by atoms with Gasteiger partial charge in [-0.1, -0.05) is 24.3 Å². The van der Waals surface area contributed by atoms with E-state index >= 15 is 0 Å². The number of fused-ring (bicyclic) bond motifs is 1. The molecule has 5 heteroatoms. The third-order valence-electron chi connectivity index (χ3n) is 4.60. The molecule has 0 fully saturated rings. The Balaban J connectivity index is 2.31. The Labute approximate surface area is 164 Å². The molecule has 5 nitrogen and oxygen atoms in total. The molecule has 0 atom stereocenters. The van der Waals surface area contributed by atoms with Gasteiger partial charge in [-0.15, -0.1) is 0 Å². The van der Waals surface area contributed by atoms with Crippen molar-refractivity contribution >= 4 is 22.3 Å². The minimum atomic E-state index is -0.148. The van der Waals surface area contributed by atoms with Gasteiger partial charge < -0.3 is 19.5 Å². The molecule has 0 heterocycles. The minimum absolute atomic E-state index is 0.128. The number of phenols is 1. The van der Waals surface area contributed by atoms with E-state index in [1.54, 1.807) is 46.5 Å². The molecule has 0 aliphatic heterocycles. The number of carbonyl (C=O) groups is 1. The van der Waals surface area contributed by atoms with Gasteiger partial charge in [0.2, 0.25) is 5.91 Å². The lowest BCUT2D eigenvalue weighted by molar-refractivity contribution is -0.123. The van der Waals surface area contributed by atoms with Gasteiger partial charge in [0.05, 0.1) is 14.2 Å². The first kappa shape index (κ1) is 19.3. The van der Waals surface area contributed by atoms with Gasteiger partial charge in [-0.05, 0) is 47.0 Å². The number of phenolic OH excluding ortho intramolecular Hbond substituents is 1. The molecule has 28 heavy (non-hydrogen) atoms. The van der Waals surface area contributed by atoms with Crippen molar-refractivity contribution in [1.82, 2.24) is 4.90 Å². The van der Waals surface area contributed by atoms with Crippen LogP contribution in [0.3, 0.4) is 0 Å². The Morgan fingerprint density at radius 1 is 0.964 bits per heavy atom. The van der Waals surface area contributed by atoms with Gasteiger partial charge >= 0.3 is 0 Å². The van der Waals surface area contributed by atoms with Gasteiger partial charge in [0.25, 0.3) is 0 Å². The second kappa shape index (κ2) is 8.05. The Morgan fingerprint density at radius 2 is 1.68 bits per heavy atom. The van der Waals surface area contributed by atoms with E-state index in [1.807, 2.05) is 42.5 Å². The smallest absolute Gasteiger partial charge is 0.246 e. The van der Waals surface area contributed by atoms with Crippen molar-refractivity contribution in [3.05, 3.63) is 71.8 Å². The molecule has 1 N–H and O–H groups in total. The average Bonchev–Trinajstić information content (AvgIpc) is 2.71. The van der Waals surface area contributed by atoms with Crippen LogP contribution in [0.1, 0.15) is 11.1 Å². The zero-order chi connectivity index (χ0) is 20.3. The number of ether oxygens (including phenoxy) is 2. The van der Waals surface area contributed by atoms with Crippen molar-refractivity contribution in [2.45, 2.75) is 0 Å². The molecule has 0 aliphatic carbocycles. The molecule has 0 radical (unpaired) electrons. The highest BCUT2D eigenvalue weighted by atomic mass is 16.5. The third kappa shape index (κ3) is 3.64. The molecule has 3 aromatic rings. The van der Waals surface area contributed by atoms with E-state index in [0.717, 1.165) is 22.3 Å². The predicted molar refractivity (Wildman–Crippen MR) is 111 cm³/mol. The maximum atomic E-state index is 12.5. The summed E-state index contributed by atoms with van der Waals surface area (Å²) < 4.78 is 10.7. The van der Waals surface area contributed by atoms with Crippen LogP contribution in [-0.4, -0.2) is 44.2 Å². The zero-order valence-corrected chi connectivity index (χ0v) is 16.4. The fourth-order valence-electron chi connectivity index (χ4n) is 3.10. The van der Waals surface area contributed by atoms with Crippen LogP contribution >= 0.6 is 0 Å². The molecule has 0 saturated heterocycles. The highest BCUT2D eigenvalue weighted by molar-refractivity contribution is 6.07. The lowest BCUT2D eigenvalue weighted by Gasteiger charge is -2.16. The molecule has 1 amide bonds. The third-order valence-corrected chi connectivity index (χ3v) is 4.60. The quantitative estimate of drug-likeness (QED) is 0.681. The number of nitrogens with zero attached hydrogens (tertiary/aromatic N) is 1. The number of benzene rings is 3. The summed E-state index contributed by atoms with van der Waals surface area (Å²) in [5, 5.41) is 12.0. The number of hydrogen-bond donors (Lipinski definition) is 1. The lowest BCUT2D eigenvalue weighted by Crippen LogP contribution is -2.19. The van der Waals surface area contributed by atoms with Crippen LogP contribution in [0, 0.1) is 0 Å². The van der Waals surface area contributed by atoms with Gasteiger partial charge in [-0.2, -0.15) is 0 Å². The standard InChI is InChI=1S/C23H23NO4/c1-24(2)22(26)14-19(15-8-10-16(27-3)11-9-15)17-12-13-21(28-4)18-6-5-7-20(25)23(17)18/h5-14,25H,1-4H3/b19-14+. The SMILES string of the molecule is COc1ccc(/C(=C\C(=O)N(C)C)c2ccc(OC)c3cccc(O)c23)cc1. The van der Waals surface area contributed by atoms with Crippen molar-refractivity contribution < 1.29 is 19.4 Å². The van der Waals surface area contributed by atoms with Crippen LogP contribution in [0.15, 0.2) is 60.7 Å². The molecule has 3 rings (SSSR count). The number of carbonyl (C=O) groups excluding carboxylic acids is 1. The molecule has 0 aliphatic rings. The first-order valence-electron chi connectivity index (χ1n) is 8.82. The number of hydrogen-bond acceptors (Lipinski definition) is 4. The van der Waals surface area contributed by atoms with E-state index in [9.17, 15) is 9.90 Å². The van der Waals surface area contributed by atoms with Crippen molar-refractivity contribution in [3.8, 4) is 17.2 Å². The predicted octanol–water partition coefficient (Wildman–Crippen LogP) is 4.08. The maximum Gasteiger partial charge on any atom is 0.246 e. The first-order chi connectivity index (χ1) is 13.5. The van der Waals surface area contributed by atoms with E-state index in [-0.39, 0.29) is 11.7 Å². The van der Waals surface area contributed by atoms with Crippen molar-refractivity contribution in [2.24, 2.45) is 0 Å². The summed E-state index contributed by atoms with van der Waals surface area (Å²) in [7, 11) is 6.60. The first-order valence-corrected chi connectivity index (χ1v) is 8.82. The number of amides is 1. The summed E-state index contributed by atoms with van der Waals surface area (Å²) in [5.74, 6) is 1.36. The molecule has 0 spiro atoms. The summed E-state index contributed by atoms with van der Waals surface area (Å²) in [4.78, 5) is 14.0. The molecular formula is C23H23NO4. The van der Waals surface area contributed by atoms with E-state index in [0.29, 0.717) is 16.7 Å².